The number of guanidine groups is 1. The molecule has 2 rings (SSSR count). The number of nitrogens with one attached hydrogen (secondary N) is 2. The van der Waals surface area contributed by atoms with Crippen molar-refractivity contribution >= 4 is 5.96 Å². The summed E-state index contributed by atoms with van der Waals surface area (Å²) in [6.45, 7) is 7.13. The van der Waals surface area contributed by atoms with E-state index in [4.69, 9.17) is 9.47 Å². The number of nitrogens with zero attached hydrogens (tertiary/aromatic N) is 1. The third-order valence-electron chi connectivity index (χ3n) is 2.91. The highest BCUT2D eigenvalue weighted by Crippen LogP contribution is 2.29. The van der Waals surface area contributed by atoms with Gasteiger partial charge >= 0.3 is 0 Å². The van der Waals surface area contributed by atoms with Gasteiger partial charge < -0.3 is 20.1 Å². The lowest BCUT2D eigenvalue weighted by atomic mass is 10.1. The Hall–Kier alpha value is -1.82. The first-order valence-electron chi connectivity index (χ1n) is 6.90. The second kappa shape index (κ2) is 6.30. The van der Waals surface area contributed by atoms with Crippen LogP contribution in [-0.4, -0.2) is 25.3 Å². The molecule has 1 aliphatic rings. The molecule has 1 aliphatic heterocycles. The molecular formula is C15H22FN3O2. The lowest BCUT2D eigenvalue weighted by molar-refractivity contribution is -0.0172. The van der Waals surface area contributed by atoms with Gasteiger partial charge in [-0.2, -0.15) is 0 Å². The Morgan fingerprint density at radius 2 is 2.14 bits per heavy atom. The first-order valence-corrected chi connectivity index (χ1v) is 6.90. The van der Waals surface area contributed by atoms with E-state index in [0.29, 0.717) is 24.9 Å². The van der Waals surface area contributed by atoms with E-state index in [1.54, 1.807) is 7.05 Å². The van der Waals surface area contributed by atoms with Crippen LogP contribution < -0.4 is 15.4 Å². The molecule has 0 unspecified atom stereocenters. The molecule has 0 saturated carbocycles. The highest BCUT2D eigenvalue weighted by molar-refractivity contribution is 5.80. The number of rotatable bonds is 2. The molecule has 1 heterocycles. The average molecular weight is 295 g/mol. The van der Waals surface area contributed by atoms with Crippen LogP contribution in [0.2, 0.25) is 0 Å². The number of hydrogen-bond donors (Lipinski definition) is 2. The van der Waals surface area contributed by atoms with Crippen molar-refractivity contribution < 1.29 is 13.9 Å². The highest BCUT2D eigenvalue weighted by Gasteiger charge is 2.18. The molecule has 0 fully saturated rings. The minimum Gasteiger partial charge on any atom is -0.467 e. The molecule has 2 N–H and O–H groups in total. The summed E-state index contributed by atoms with van der Waals surface area (Å²) in [6, 6.07) is 2.92. The van der Waals surface area contributed by atoms with Crippen molar-refractivity contribution in [2.75, 3.05) is 13.8 Å². The minimum atomic E-state index is -0.293. The van der Waals surface area contributed by atoms with Crippen molar-refractivity contribution in [3.05, 3.63) is 29.1 Å². The first-order chi connectivity index (χ1) is 9.89. The lowest BCUT2D eigenvalue weighted by Gasteiger charge is -2.25. The Bertz CT molecular complexity index is 538. The van der Waals surface area contributed by atoms with Crippen molar-refractivity contribution in [3.63, 3.8) is 0 Å². The molecule has 0 saturated heterocycles. The summed E-state index contributed by atoms with van der Waals surface area (Å²) in [5, 5.41) is 6.42. The maximum atomic E-state index is 13.6. The lowest BCUT2D eigenvalue weighted by Crippen LogP contribution is -2.47. The number of halogens is 1. The zero-order chi connectivity index (χ0) is 15.5. The van der Waals surface area contributed by atoms with E-state index in [0.717, 1.165) is 11.1 Å². The molecule has 116 valence electrons. The molecule has 5 nitrogen and oxygen atoms in total. The molecule has 0 spiro atoms. The van der Waals surface area contributed by atoms with Gasteiger partial charge in [-0.05, 0) is 32.9 Å². The average Bonchev–Trinajstić information content (AvgIpc) is 2.41. The summed E-state index contributed by atoms with van der Waals surface area (Å²) in [6.07, 6.45) is 0. The van der Waals surface area contributed by atoms with Crippen molar-refractivity contribution in [2.45, 2.75) is 39.5 Å². The van der Waals surface area contributed by atoms with Gasteiger partial charge in [0.1, 0.15) is 11.6 Å². The van der Waals surface area contributed by atoms with Gasteiger partial charge in [0, 0.05) is 30.3 Å². The Morgan fingerprint density at radius 3 is 2.81 bits per heavy atom. The Balaban J connectivity index is 2.11. The zero-order valence-corrected chi connectivity index (χ0v) is 12.9. The standard InChI is InChI=1S/C15H22FN3O2/c1-15(2,3)19-14(17-4)18-7-10-5-12(16)6-11-8-20-9-21-13(10)11/h5-6H,7-9H2,1-4H3,(H2,17,18,19). The summed E-state index contributed by atoms with van der Waals surface area (Å²) >= 11 is 0. The summed E-state index contributed by atoms with van der Waals surface area (Å²) in [4.78, 5) is 4.16. The molecule has 6 heteroatoms. The predicted octanol–water partition coefficient (Wildman–Crippen LogP) is 2.16. The van der Waals surface area contributed by atoms with Gasteiger partial charge in [0.25, 0.3) is 0 Å². The van der Waals surface area contributed by atoms with Crippen LogP contribution in [0.4, 0.5) is 4.39 Å². The van der Waals surface area contributed by atoms with E-state index in [1.807, 2.05) is 20.8 Å². The van der Waals surface area contributed by atoms with Gasteiger partial charge in [0.05, 0.1) is 6.61 Å². The van der Waals surface area contributed by atoms with E-state index in [9.17, 15) is 4.39 Å². The number of fused-ring (bicyclic) bond motifs is 1. The first kappa shape index (κ1) is 15.6. The maximum absolute atomic E-state index is 13.6. The molecule has 0 atom stereocenters. The largest absolute Gasteiger partial charge is 0.467 e. The summed E-state index contributed by atoms with van der Waals surface area (Å²) in [5.41, 5.74) is 1.38. The van der Waals surface area contributed by atoms with Gasteiger partial charge in [-0.15, -0.1) is 0 Å². The fraction of sp³-hybridized carbons (Fsp3) is 0.533. The molecule has 0 aromatic heterocycles. The zero-order valence-electron chi connectivity index (χ0n) is 12.9. The number of benzene rings is 1. The van der Waals surface area contributed by atoms with Crippen molar-refractivity contribution in [1.29, 1.82) is 0 Å². The van der Waals surface area contributed by atoms with E-state index in [-0.39, 0.29) is 18.1 Å². The van der Waals surface area contributed by atoms with E-state index in [2.05, 4.69) is 15.6 Å². The monoisotopic (exact) mass is 295 g/mol. The fourth-order valence-electron chi connectivity index (χ4n) is 2.10. The normalized spacial score (nSPS) is 15.2. The van der Waals surface area contributed by atoms with Crippen LogP contribution in [0, 0.1) is 5.82 Å². The predicted molar refractivity (Wildman–Crippen MR) is 79.8 cm³/mol. The summed E-state index contributed by atoms with van der Waals surface area (Å²) < 4.78 is 24.3. The number of ether oxygens (including phenoxy) is 2. The Labute approximate surface area is 124 Å². The fourth-order valence-corrected chi connectivity index (χ4v) is 2.10. The van der Waals surface area contributed by atoms with Crippen LogP contribution >= 0.6 is 0 Å². The van der Waals surface area contributed by atoms with Gasteiger partial charge in [-0.1, -0.05) is 0 Å². The molecular weight excluding hydrogens is 273 g/mol. The topological polar surface area (TPSA) is 54.9 Å². The third-order valence-corrected chi connectivity index (χ3v) is 2.91. The van der Waals surface area contributed by atoms with Crippen molar-refractivity contribution in [2.24, 2.45) is 4.99 Å². The molecule has 0 radical (unpaired) electrons. The van der Waals surface area contributed by atoms with Crippen molar-refractivity contribution in [1.82, 2.24) is 10.6 Å². The molecule has 1 aromatic rings. The SMILES string of the molecule is CN=C(NCc1cc(F)cc2c1OCOC2)NC(C)(C)C. The Kier molecular flexibility index (Phi) is 4.67. The maximum Gasteiger partial charge on any atom is 0.191 e. The van der Waals surface area contributed by atoms with Crippen LogP contribution in [0.25, 0.3) is 0 Å². The van der Waals surface area contributed by atoms with Crippen molar-refractivity contribution in [3.8, 4) is 5.75 Å². The quantitative estimate of drug-likeness (QED) is 0.648. The van der Waals surface area contributed by atoms with E-state index >= 15 is 0 Å². The van der Waals surface area contributed by atoms with Gasteiger partial charge in [0.2, 0.25) is 0 Å². The van der Waals surface area contributed by atoms with Crippen LogP contribution in [0.1, 0.15) is 31.9 Å². The molecule has 0 bridgehead atoms. The summed E-state index contributed by atoms with van der Waals surface area (Å²) in [7, 11) is 1.70. The van der Waals surface area contributed by atoms with Crippen LogP contribution in [0.5, 0.6) is 5.75 Å². The van der Waals surface area contributed by atoms with Crippen LogP contribution in [0.15, 0.2) is 17.1 Å². The van der Waals surface area contributed by atoms with Crippen LogP contribution in [-0.2, 0) is 17.9 Å². The second-order valence-electron chi connectivity index (χ2n) is 5.96. The molecule has 21 heavy (non-hydrogen) atoms. The van der Waals surface area contributed by atoms with E-state index < -0.39 is 0 Å². The molecule has 0 aliphatic carbocycles. The van der Waals surface area contributed by atoms with E-state index in [1.165, 1.54) is 12.1 Å². The molecule has 1 aromatic carbocycles. The Morgan fingerprint density at radius 1 is 1.38 bits per heavy atom. The van der Waals surface area contributed by atoms with Crippen LogP contribution in [0.3, 0.4) is 0 Å². The van der Waals surface area contributed by atoms with Gasteiger partial charge in [0.15, 0.2) is 12.8 Å². The number of hydrogen-bond acceptors (Lipinski definition) is 3. The molecule has 0 amide bonds. The van der Waals surface area contributed by atoms with Gasteiger partial charge in [-0.3, -0.25) is 4.99 Å². The smallest absolute Gasteiger partial charge is 0.191 e. The third kappa shape index (κ3) is 4.32. The van der Waals surface area contributed by atoms with Gasteiger partial charge in [-0.25, -0.2) is 4.39 Å². The summed E-state index contributed by atoms with van der Waals surface area (Å²) in [5.74, 6) is 1.06. The number of aliphatic imine (C=N–C) groups is 1. The minimum absolute atomic E-state index is 0.104. The second-order valence-corrected chi connectivity index (χ2v) is 5.96. The highest BCUT2D eigenvalue weighted by atomic mass is 19.1.